The third kappa shape index (κ3) is 2.85. The molecular weight excluding hydrogens is 230 g/mol. The van der Waals surface area contributed by atoms with Crippen LogP contribution in [0.15, 0.2) is 42.6 Å². The molecule has 4 nitrogen and oxygen atoms in total. The van der Waals surface area contributed by atoms with Crippen LogP contribution in [0.2, 0.25) is 0 Å². The first-order valence-corrected chi connectivity index (χ1v) is 5.65. The number of hydrogen-bond donors (Lipinski definition) is 1. The predicted molar refractivity (Wildman–Crippen MR) is 67.1 cm³/mol. The quantitative estimate of drug-likeness (QED) is 0.896. The van der Waals surface area contributed by atoms with Crippen LogP contribution in [0.1, 0.15) is 22.8 Å². The van der Waals surface area contributed by atoms with E-state index in [4.69, 9.17) is 9.84 Å². The Morgan fingerprint density at radius 2 is 2.17 bits per heavy atom. The first-order chi connectivity index (χ1) is 8.69. The molecule has 0 aliphatic heterocycles. The van der Waals surface area contributed by atoms with Crippen molar-refractivity contribution in [2.24, 2.45) is 0 Å². The molecule has 0 spiro atoms. The fourth-order valence-electron chi connectivity index (χ4n) is 1.52. The maximum Gasteiger partial charge on any atom is 0.337 e. The van der Waals surface area contributed by atoms with Crippen molar-refractivity contribution >= 4 is 5.97 Å². The monoisotopic (exact) mass is 243 g/mol. The van der Waals surface area contributed by atoms with Gasteiger partial charge in [-0.15, -0.1) is 0 Å². The molecule has 0 atom stereocenters. The van der Waals surface area contributed by atoms with E-state index in [9.17, 15) is 4.79 Å². The molecule has 1 N–H and O–H groups in total. The molecule has 0 radical (unpaired) electrons. The molecule has 0 fully saturated rings. The number of carboxylic acids is 1. The molecule has 4 heteroatoms. The molecule has 0 amide bonds. The molecule has 0 aliphatic carbocycles. The third-order valence-electron chi connectivity index (χ3n) is 2.51. The van der Waals surface area contributed by atoms with Gasteiger partial charge < -0.3 is 9.84 Å². The summed E-state index contributed by atoms with van der Waals surface area (Å²) in [5.74, 6) is 0.0835. The largest absolute Gasteiger partial charge is 0.478 e. The zero-order valence-corrected chi connectivity index (χ0v) is 9.96. The van der Waals surface area contributed by atoms with Crippen LogP contribution in [0.3, 0.4) is 0 Å². The average molecular weight is 243 g/mol. The standard InChI is InChI=1S/C14H13NO3/c1-2-10-4-3-5-12(8-10)18-13-7-6-11(9-15-13)14(16)17/h3-9H,2H2,1H3,(H,16,17). The third-order valence-corrected chi connectivity index (χ3v) is 2.51. The lowest BCUT2D eigenvalue weighted by atomic mass is 10.2. The molecule has 1 aromatic carbocycles. The fourth-order valence-corrected chi connectivity index (χ4v) is 1.52. The van der Waals surface area contributed by atoms with Crippen LogP contribution in [0.5, 0.6) is 11.6 Å². The van der Waals surface area contributed by atoms with E-state index in [-0.39, 0.29) is 5.56 Å². The van der Waals surface area contributed by atoms with Gasteiger partial charge in [-0.25, -0.2) is 9.78 Å². The zero-order chi connectivity index (χ0) is 13.0. The van der Waals surface area contributed by atoms with Gasteiger partial charge in [0.1, 0.15) is 5.75 Å². The number of carboxylic acid groups (broad SMARTS) is 1. The Bertz CT molecular complexity index is 549. The van der Waals surface area contributed by atoms with E-state index in [1.54, 1.807) is 6.07 Å². The number of hydrogen-bond acceptors (Lipinski definition) is 3. The van der Waals surface area contributed by atoms with Gasteiger partial charge in [0.15, 0.2) is 0 Å². The Morgan fingerprint density at radius 1 is 1.33 bits per heavy atom. The van der Waals surface area contributed by atoms with E-state index in [0.717, 1.165) is 6.42 Å². The van der Waals surface area contributed by atoms with Gasteiger partial charge in [-0.05, 0) is 30.2 Å². The van der Waals surface area contributed by atoms with Crippen LogP contribution in [0.25, 0.3) is 0 Å². The molecule has 1 heterocycles. The summed E-state index contributed by atoms with van der Waals surface area (Å²) in [5.41, 5.74) is 1.32. The van der Waals surface area contributed by atoms with Crippen LogP contribution in [0.4, 0.5) is 0 Å². The van der Waals surface area contributed by atoms with Gasteiger partial charge in [-0.2, -0.15) is 0 Å². The number of nitrogens with zero attached hydrogens (tertiary/aromatic N) is 1. The van der Waals surface area contributed by atoms with Gasteiger partial charge in [0, 0.05) is 12.3 Å². The zero-order valence-electron chi connectivity index (χ0n) is 9.96. The van der Waals surface area contributed by atoms with Crippen molar-refractivity contribution in [3.63, 3.8) is 0 Å². The molecule has 1 aromatic heterocycles. The predicted octanol–water partition coefficient (Wildman–Crippen LogP) is 3.13. The maximum atomic E-state index is 10.7. The number of aromatic carboxylic acids is 1. The average Bonchev–Trinajstić information content (AvgIpc) is 2.39. The highest BCUT2D eigenvalue weighted by Crippen LogP contribution is 2.20. The lowest BCUT2D eigenvalue weighted by Gasteiger charge is -2.06. The number of aryl methyl sites for hydroxylation is 1. The van der Waals surface area contributed by atoms with Crippen molar-refractivity contribution in [3.05, 3.63) is 53.7 Å². The summed E-state index contributed by atoms with van der Waals surface area (Å²) in [6.07, 6.45) is 2.21. The van der Waals surface area contributed by atoms with Crippen LogP contribution < -0.4 is 4.74 Å². The Balaban J connectivity index is 2.15. The number of rotatable bonds is 4. The van der Waals surface area contributed by atoms with Crippen molar-refractivity contribution in [1.82, 2.24) is 4.98 Å². The topological polar surface area (TPSA) is 59.4 Å². The first-order valence-electron chi connectivity index (χ1n) is 5.65. The molecule has 18 heavy (non-hydrogen) atoms. The van der Waals surface area contributed by atoms with Crippen LogP contribution in [-0.4, -0.2) is 16.1 Å². The van der Waals surface area contributed by atoms with Crippen molar-refractivity contribution in [3.8, 4) is 11.6 Å². The molecule has 0 saturated heterocycles. The number of carbonyl (C=O) groups is 1. The highest BCUT2D eigenvalue weighted by atomic mass is 16.5. The lowest BCUT2D eigenvalue weighted by Crippen LogP contribution is -1.97. The second kappa shape index (κ2) is 5.31. The van der Waals surface area contributed by atoms with E-state index in [1.807, 2.05) is 24.3 Å². The Hall–Kier alpha value is -2.36. The number of ether oxygens (including phenoxy) is 1. The van der Waals surface area contributed by atoms with Gasteiger partial charge in [0.2, 0.25) is 5.88 Å². The van der Waals surface area contributed by atoms with Gasteiger partial charge >= 0.3 is 5.97 Å². The van der Waals surface area contributed by atoms with E-state index >= 15 is 0 Å². The first kappa shape index (κ1) is 12.1. The molecule has 0 aliphatic rings. The fraction of sp³-hybridized carbons (Fsp3) is 0.143. The van der Waals surface area contributed by atoms with Gasteiger partial charge in [0.25, 0.3) is 0 Å². The Kier molecular flexibility index (Phi) is 3.57. The molecule has 0 bridgehead atoms. The Labute approximate surface area is 105 Å². The molecule has 2 rings (SSSR count). The molecule has 92 valence electrons. The number of pyridine rings is 1. The minimum Gasteiger partial charge on any atom is -0.478 e. The molecule has 2 aromatic rings. The molecule has 0 saturated carbocycles. The maximum absolute atomic E-state index is 10.7. The number of benzene rings is 1. The highest BCUT2D eigenvalue weighted by Gasteiger charge is 2.04. The SMILES string of the molecule is CCc1cccc(Oc2ccc(C(=O)O)cn2)c1. The Morgan fingerprint density at radius 3 is 2.78 bits per heavy atom. The summed E-state index contributed by atoms with van der Waals surface area (Å²) in [7, 11) is 0. The van der Waals surface area contributed by atoms with Crippen LogP contribution in [0, 0.1) is 0 Å². The van der Waals surface area contributed by atoms with Gasteiger partial charge in [-0.1, -0.05) is 19.1 Å². The molecular formula is C14H13NO3. The van der Waals surface area contributed by atoms with Crippen molar-refractivity contribution in [2.45, 2.75) is 13.3 Å². The number of aromatic nitrogens is 1. The lowest BCUT2D eigenvalue weighted by molar-refractivity contribution is 0.0696. The second-order valence-electron chi connectivity index (χ2n) is 3.79. The summed E-state index contributed by atoms with van der Waals surface area (Å²) in [6, 6.07) is 10.7. The van der Waals surface area contributed by atoms with E-state index in [1.165, 1.54) is 17.8 Å². The van der Waals surface area contributed by atoms with Gasteiger partial charge in [-0.3, -0.25) is 0 Å². The van der Waals surface area contributed by atoms with Crippen molar-refractivity contribution < 1.29 is 14.6 Å². The smallest absolute Gasteiger partial charge is 0.337 e. The summed E-state index contributed by atoms with van der Waals surface area (Å²) < 4.78 is 5.55. The molecule has 0 unspecified atom stereocenters. The summed E-state index contributed by atoms with van der Waals surface area (Å²) in [6.45, 7) is 2.07. The van der Waals surface area contributed by atoms with E-state index in [0.29, 0.717) is 11.6 Å². The highest BCUT2D eigenvalue weighted by molar-refractivity contribution is 5.87. The van der Waals surface area contributed by atoms with E-state index < -0.39 is 5.97 Å². The summed E-state index contributed by atoms with van der Waals surface area (Å²) in [4.78, 5) is 14.6. The normalized spacial score (nSPS) is 10.1. The minimum atomic E-state index is -0.998. The van der Waals surface area contributed by atoms with Gasteiger partial charge in [0.05, 0.1) is 5.56 Å². The second-order valence-corrected chi connectivity index (χ2v) is 3.79. The van der Waals surface area contributed by atoms with E-state index in [2.05, 4.69) is 11.9 Å². The minimum absolute atomic E-state index is 0.143. The van der Waals surface area contributed by atoms with Crippen LogP contribution in [-0.2, 0) is 6.42 Å². The summed E-state index contributed by atoms with van der Waals surface area (Å²) in [5, 5.41) is 8.75. The van der Waals surface area contributed by atoms with Crippen molar-refractivity contribution in [1.29, 1.82) is 0 Å². The van der Waals surface area contributed by atoms with Crippen LogP contribution >= 0.6 is 0 Å². The summed E-state index contributed by atoms with van der Waals surface area (Å²) >= 11 is 0. The van der Waals surface area contributed by atoms with Crippen molar-refractivity contribution in [2.75, 3.05) is 0 Å².